The maximum absolute atomic E-state index is 2.54. The minimum absolute atomic E-state index is 0.988. The van der Waals surface area contributed by atoms with Crippen molar-refractivity contribution in [2.45, 2.75) is 36.1 Å². The lowest BCUT2D eigenvalue weighted by atomic mass is 9.99. The number of nitrogens with zero attached hydrogens (tertiary/aromatic N) is 2. The summed E-state index contributed by atoms with van der Waals surface area (Å²) in [6.07, 6.45) is 0. The molecule has 2 aliphatic rings. The van der Waals surface area contributed by atoms with Crippen molar-refractivity contribution in [2.75, 3.05) is 16.5 Å². The van der Waals surface area contributed by atoms with Gasteiger partial charge in [-0.2, -0.15) is 0 Å². The number of hydrogen-bond acceptors (Lipinski definition) is 6. The number of fused-ring (bicyclic) bond motifs is 6. The lowest BCUT2D eigenvalue weighted by Crippen LogP contribution is -2.46. The molecule has 2 aliphatic heterocycles. The van der Waals surface area contributed by atoms with Crippen LogP contribution in [-0.4, -0.2) is 6.67 Å². The Morgan fingerprint density at radius 2 is 0.865 bits per heavy atom. The van der Waals surface area contributed by atoms with Gasteiger partial charge in [-0.25, -0.2) is 0 Å². The molecule has 6 heteroatoms. The van der Waals surface area contributed by atoms with E-state index < -0.39 is 0 Å². The normalized spacial score (nSPS) is 13.8. The molecule has 2 nitrogen and oxygen atoms in total. The van der Waals surface area contributed by atoms with Gasteiger partial charge in [-0.3, -0.25) is 0 Å². The highest BCUT2D eigenvalue weighted by atomic mass is 33.1. The van der Waals surface area contributed by atoms with E-state index in [4.69, 9.17) is 0 Å². The van der Waals surface area contributed by atoms with Crippen LogP contribution < -0.4 is 9.80 Å². The molecule has 2 heterocycles. The highest BCUT2D eigenvalue weighted by molar-refractivity contribution is 8.76. The number of anilines is 2. The van der Waals surface area contributed by atoms with E-state index >= 15 is 0 Å². The molecule has 0 radical (unpaired) electrons. The summed E-state index contributed by atoms with van der Waals surface area (Å²) in [5, 5.41) is 0. The lowest BCUT2D eigenvalue weighted by Gasteiger charge is -2.45. The highest BCUT2D eigenvalue weighted by Crippen LogP contribution is 2.40. The third-order valence-electron chi connectivity index (χ3n) is 6.79. The Bertz CT molecular complexity index is 1230. The summed E-state index contributed by atoms with van der Waals surface area (Å²) in [7, 11) is 7.80. The van der Waals surface area contributed by atoms with Crippen molar-refractivity contribution >= 4 is 54.6 Å². The van der Waals surface area contributed by atoms with Crippen LogP contribution in [0.15, 0.2) is 97.1 Å². The molecule has 0 fully saturated rings. The molecule has 0 amide bonds. The summed E-state index contributed by atoms with van der Waals surface area (Å²) < 4.78 is 0. The quantitative estimate of drug-likeness (QED) is 0.140. The molecule has 0 spiro atoms. The maximum Gasteiger partial charge on any atom is 0.0910 e. The fraction of sp³-hybridized carbons (Fsp3) is 0.226. The van der Waals surface area contributed by atoms with Crippen LogP contribution in [0.25, 0.3) is 0 Å². The summed E-state index contributed by atoms with van der Waals surface area (Å²) in [4.78, 5) is 5.09. The average molecular weight is 559 g/mol. The van der Waals surface area contributed by atoms with E-state index in [1.165, 1.54) is 44.8 Å². The summed E-state index contributed by atoms with van der Waals surface area (Å²) in [6, 6.07) is 35.7. The van der Waals surface area contributed by atoms with Crippen LogP contribution in [0, 0.1) is 0 Å². The monoisotopic (exact) mass is 558 g/mol. The molecule has 0 unspecified atom stereocenters. The molecule has 37 heavy (non-hydrogen) atoms. The molecule has 0 atom stereocenters. The first-order valence-corrected chi connectivity index (χ1v) is 17.6. The zero-order valence-electron chi connectivity index (χ0n) is 20.7. The Hall–Kier alpha value is -2.12. The van der Waals surface area contributed by atoms with E-state index in [-0.39, 0.29) is 0 Å². The van der Waals surface area contributed by atoms with E-state index in [9.17, 15) is 0 Å². The standard InChI is InChI=1S/C31H30N2S4/c1-3-7-24(8-4-1)19-34-36-21-26-11-13-30-28(15-26)17-32-23-33(30)18-29-16-27(12-14-31(29)32)22-37-35-20-25-9-5-2-6-10-25/h1-16H,17-23H2. The number of benzene rings is 4. The van der Waals surface area contributed by atoms with Crippen molar-refractivity contribution < 1.29 is 0 Å². The second-order valence-corrected chi connectivity index (χ2v) is 14.4. The van der Waals surface area contributed by atoms with E-state index in [2.05, 4.69) is 107 Å². The topological polar surface area (TPSA) is 6.48 Å². The summed E-state index contributed by atoms with van der Waals surface area (Å²) >= 11 is 0. The van der Waals surface area contributed by atoms with Gasteiger partial charge in [0.1, 0.15) is 0 Å². The smallest absolute Gasteiger partial charge is 0.0910 e. The van der Waals surface area contributed by atoms with E-state index in [1.807, 2.05) is 43.2 Å². The largest absolute Gasteiger partial charge is 0.349 e. The molecule has 0 saturated heterocycles. The SMILES string of the molecule is c1ccc(CSSCc2ccc3c(c2)CN2CN3Cc3cc(CSSCc4ccccc4)ccc32)cc1. The lowest BCUT2D eigenvalue weighted by molar-refractivity contribution is 0.650. The number of rotatable bonds is 10. The molecule has 6 rings (SSSR count). The second kappa shape index (κ2) is 12.2. The second-order valence-electron chi connectivity index (χ2n) is 9.48. The van der Waals surface area contributed by atoms with E-state index in [1.54, 1.807) is 0 Å². The van der Waals surface area contributed by atoms with Crippen LogP contribution >= 0.6 is 43.2 Å². The Balaban J connectivity index is 1.05. The van der Waals surface area contributed by atoms with Gasteiger partial charge in [0.15, 0.2) is 0 Å². The summed E-state index contributed by atoms with van der Waals surface area (Å²) in [5.41, 5.74) is 11.4. The zero-order chi connectivity index (χ0) is 24.9. The van der Waals surface area contributed by atoms with E-state index in [0.717, 1.165) is 42.8 Å². The molecule has 2 bridgehead atoms. The van der Waals surface area contributed by atoms with Crippen LogP contribution in [-0.2, 0) is 36.1 Å². The van der Waals surface area contributed by atoms with Crippen LogP contribution in [0.4, 0.5) is 11.4 Å². The third-order valence-corrected chi connectivity index (χ3v) is 11.3. The first-order chi connectivity index (χ1) is 18.3. The Morgan fingerprint density at radius 3 is 1.30 bits per heavy atom. The van der Waals surface area contributed by atoms with Crippen molar-refractivity contribution in [1.82, 2.24) is 0 Å². The van der Waals surface area contributed by atoms with Crippen LogP contribution in [0.5, 0.6) is 0 Å². The van der Waals surface area contributed by atoms with Crippen molar-refractivity contribution in [2.24, 2.45) is 0 Å². The van der Waals surface area contributed by atoms with Crippen molar-refractivity contribution in [1.29, 1.82) is 0 Å². The Morgan fingerprint density at radius 1 is 0.459 bits per heavy atom. The van der Waals surface area contributed by atoms with Gasteiger partial charge < -0.3 is 9.80 Å². The van der Waals surface area contributed by atoms with Crippen LogP contribution in [0.1, 0.15) is 33.4 Å². The van der Waals surface area contributed by atoms with Gasteiger partial charge in [-0.1, -0.05) is 128 Å². The molecular formula is C31H30N2S4. The Labute approximate surface area is 236 Å². The van der Waals surface area contributed by atoms with Crippen LogP contribution in [0.3, 0.4) is 0 Å². The fourth-order valence-electron chi connectivity index (χ4n) is 4.95. The van der Waals surface area contributed by atoms with Gasteiger partial charge in [0.05, 0.1) is 6.67 Å². The van der Waals surface area contributed by atoms with Gasteiger partial charge >= 0.3 is 0 Å². The molecular weight excluding hydrogens is 529 g/mol. The molecule has 0 aliphatic carbocycles. The maximum atomic E-state index is 2.54. The van der Waals surface area contributed by atoms with Crippen LogP contribution in [0.2, 0.25) is 0 Å². The molecule has 188 valence electrons. The molecule has 4 aromatic rings. The van der Waals surface area contributed by atoms with Gasteiger partial charge in [-0.15, -0.1) is 0 Å². The van der Waals surface area contributed by atoms with Gasteiger partial charge in [0, 0.05) is 47.5 Å². The minimum Gasteiger partial charge on any atom is -0.349 e. The molecule has 0 N–H and O–H groups in total. The first-order valence-electron chi connectivity index (χ1n) is 12.6. The molecule has 0 aromatic heterocycles. The van der Waals surface area contributed by atoms with E-state index in [0.29, 0.717) is 0 Å². The van der Waals surface area contributed by atoms with Gasteiger partial charge in [0.25, 0.3) is 0 Å². The predicted molar refractivity (Wildman–Crippen MR) is 168 cm³/mol. The summed E-state index contributed by atoms with van der Waals surface area (Å²) in [5.74, 6) is 4.21. The first kappa shape index (κ1) is 25.2. The molecule has 4 aromatic carbocycles. The van der Waals surface area contributed by atoms with Crippen molar-refractivity contribution in [3.8, 4) is 0 Å². The van der Waals surface area contributed by atoms with Gasteiger partial charge in [-0.05, 0) is 45.5 Å². The third kappa shape index (κ3) is 6.31. The molecule has 0 saturated carbocycles. The summed E-state index contributed by atoms with van der Waals surface area (Å²) in [6.45, 7) is 2.98. The minimum atomic E-state index is 0.988. The average Bonchev–Trinajstić information content (AvgIpc) is 2.94. The van der Waals surface area contributed by atoms with Gasteiger partial charge in [0.2, 0.25) is 0 Å². The Kier molecular flexibility index (Phi) is 8.27. The van der Waals surface area contributed by atoms with Crippen molar-refractivity contribution in [3.05, 3.63) is 130 Å². The highest BCUT2D eigenvalue weighted by Gasteiger charge is 2.29. The predicted octanol–water partition coefficient (Wildman–Crippen LogP) is 9.15. The van der Waals surface area contributed by atoms with Crippen molar-refractivity contribution in [3.63, 3.8) is 0 Å². The zero-order valence-corrected chi connectivity index (χ0v) is 24.0. The number of hydrogen-bond donors (Lipinski definition) is 0. The fourth-order valence-corrected chi connectivity index (χ4v) is 9.21.